The summed E-state index contributed by atoms with van der Waals surface area (Å²) in [5.41, 5.74) is 0.0336. The van der Waals surface area contributed by atoms with Gasteiger partial charge in [0.1, 0.15) is 5.44 Å². The normalized spacial score (nSPS) is 26.3. The molecule has 1 unspecified atom stereocenters. The maximum absolute atomic E-state index is 10.6. The summed E-state index contributed by atoms with van der Waals surface area (Å²) in [5, 5.41) is 3.26. The Kier molecular flexibility index (Phi) is 3.18. The van der Waals surface area contributed by atoms with Gasteiger partial charge in [-0.15, -0.1) is 0 Å². The van der Waals surface area contributed by atoms with E-state index in [9.17, 15) is 4.79 Å². The lowest BCUT2D eigenvalue weighted by Gasteiger charge is -2.21. The summed E-state index contributed by atoms with van der Waals surface area (Å²) in [6.45, 7) is 3.95. The van der Waals surface area contributed by atoms with Gasteiger partial charge in [-0.2, -0.15) is 0 Å². The lowest BCUT2D eigenvalue weighted by molar-refractivity contribution is -0.109. The van der Waals surface area contributed by atoms with E-state index in [0.29, 0.717) is 6.61 Å². The second kappa shape index (κ2) is 3.95. The predicted molar refractivity (Wildman–Crippen MR) is 40.9 cm³/mol. The van der Waals surface area contributed by atoms with Gasteiger partial charge in [-0.25, -0.2) is 0 Å². The van der Waals surface area contributed by atoms with Crippen molar-refractivity contribution in [3.05, 3.63) is 0 Å². The zero-order chi connectivity index (χ0) is 7.40. The zero-order valence-corrected chi connectivity index (χ0v) is 6.74. The number of hydrogen-bond donors (Lipinski definition) is 1. The van der Waals surface area contributed by atoms with Gasteiger partial charge in [0, 0.05) is 20.0 Å². The largest absolute Gasteiger partial charge is 0.364 e. The summed E-state index contributed by atoms with van der Waals surface area (Å²) < 4.78 is 5.27. The molecule has 1 aliphatic heterocycles. The van der Waals surface area contributed by atoms with Crippen LogP contribution < -0.4 is 5.32 Å². The van der Waals surface area contributed by atoms with E-state index in [1.807, 2.05) is 0 Å². The fourth-order valence-corrected chi connectivity index (χ4v) is 1.54. The molecule has 0 spiro atoms. The minimum atomic E-state index is 0.0336. The highest BCUT2D eigenvalue weighted by Crippen LogP contribution is 2.13. The molecule has 0 aromatic carbocycles. The Bertz CT molecular complexity index is 123. The molecule has 0 aliphatic carbocycles. The number of carbonyl (C=O) groups is 1. The lowest BCUT2D eigenvalue weighted by Crippen LogP contribution is -2.37. The Hall–Kier alpha value is -0.0600. The van der Waals surface area contributed by atoms with Crippen LogP contribution in [0.3, 0.4) is 0 Å². The van der Waals surface area contributed by atoms with Crippen LogP contribution in [0.2, 0.25) is 0 Å². The number of rotatable bonds is 1. The van der Waals surface area contributed by atoms with E-state index < -0.39 is 0 Å². The maximum Gasteiger partial charge on any atom is 0.188 e. The first-order valence-corrected chi connectivity index (χ1v) is 4.16. The molecule has 0 aromatic rings. The number of nitrogens with one attached hydrogen (secondary N) is 1. The van der Waals surface area contributed by atoms with Crippen LogP contribution in [0.15, 0.2) is 0 Å². The topological polar surface area (TPSA) is 38.3 Å². The molecule has 1 aliphatic rings. The third-order valence-electron chi connectivity index (χ3n) is 1.19. The van der Waals surface area contributed by atoms with E-state index in [2.05, 4.69) is 5.32 Å². The van der Waals surface area contributed by atoms with E-state index in [-0.39, 0.29) is 10.6 Å². The molecule has 0 saturated carbocycles. The van der Waals surface area contributed by atoms with Crippen LogP contribution in [0.5, 0.6) is 0 Å². The van der Waals surface area contributed by atoms with Gasteiger partial charge in [-0.3, -0.25) is 4.79 Å². The number of carbonyl (C=O) groups excluding carboxylic acids is 1. The van der Waals surface area contributed by atoms with Crippen LogP contribution in [-0.4, -0.2) is 30.2 Å². The first-order chi connectivity index (χ1) is 4.79. The lowest BCUT2D eigenvalue weighted by atomic mass is 10.5. The Labute approximate surface area is 64.5 Å². The molecule has 1 heterocycles. The quantitative estimate of drug-likeness (QED) is 0.596. The van der Waals surface area contributed by atoms with Crippen molar-refractivity contribution in [2.75, 3.05) is 19.7 Å². The summed E-state index contributed by atoms with van der Waals surface area (Å²) >= 11 is 1.25. The molecule has 1 N–H and O–H groups in total. The average Bonchev–Trinajstić information content (AvgIpc) is 1.88. The highest BCUT2D eigenvalue weighted by molar-refractivity contribution is 8.14. The SMILES string of the molecule is CC(=O)SC1CNCCO1. The maximum atomic E-state index is 10.6. The molecular formula is C6H11NO2S. The zero-order valence-electron chi connectivity index (χ0n) is 5.92. The minimum Gasteiger partial charge on any atom is -0.364 e. The first kappa shape index (κ1) is 8.04. The summed E-state index contributed by atoms with van der Waals surface area (Å²) in [6, 6.07) is 0. The van der Waals surface area contributed by atoms with Gasteiger partial charge >= 0.3 is 0 Å². The van der Waals surface area contributed by atoms with Crippen LogP contribution in [0, 0.1) is 0 Å². The first-order valence-electron chi connectivity index (χ1n) is 3.28. The van der Waals surface area contributed by atoms with Crippen molar-refractivity contribution >= 4 is 16.9 Å². The highest BCUT2D eigenvalue weighted by atomic mass is 32.2. The van der Waals surface area contributed by atoms with Crippen molar-refractivity contribution in [2.45, 2.75) is 12.4 Å². The fraction of sp³-hybridized carbons (Fsp3) is 0.833. The Morgan fingerprint density at radius 2 is 2.60 bits per heavy atom. The highest BCUT2D eigenvalue weighted by Gasteiger charge is 2.14. The fourth-order valence-electron chi connectivity index (χ4n) is 0.802. The molecular weight excluding hydrogens is 150 g/mol. The van der Waals surface area contributed by atoms with Gasteiger partial charge in [0.05, 0.1) is 6.61 Å². The molecule has 0 bridgehead atoms. The van der Waals surface area contributed by atoms with Crippen LogP contribution >= 0.6 is 11.8 Å². The van der Waals surface area contributed by atoms with Crippen LogP contribution in [0.1, 0.15) is 6.92 Å². The Balaban J connectivity index is 2.19. The Morgan fingerprint density at radius 1 is 1.80 bits per heavy atom. The monoisotopic (exact) mass is 161 g/mol. The number of ether oxygens (including phenoxy) is 1. The molecule has 4 heteroatoms. The van der Waals surface area contributed by atoms with Crippen LogP contribution in [-0.2, 0) is 9.53 Å². The van der Waals surface area contributed by atoms with Crippen molar-refractivity contribution < 1.29 is 9.53 Å². The van der Waals surface area contributed by atoms with Gasteiger partial charge in [0.25, 0.3) is 0 Å². The van der Waals surface area contributed by atoms with Crippen molar-refractivity contribution in [3.8, 4) is 0 Å². The Morgan fingerprint density at radius 3 is 3.10 bits per heavy atom. The summed E-state index contributed by atoms with van der Waals surface area (Å²) in [4.78, 5) is 10.6. The number of morpholine rings is 1. The summed E-state index contributed by atoms with van der Waals surface area (Å²) in [6.07, 6.45) is 0. The van der Waals surface area contributed by atoms with Crippen molar-refractivity contribution in [1.82, 2.24) is 5.32 Å². The molecule has 58 valence electrons. The van der Waals surface area contributed by atoms with Crippen molar-refractivity contribution in [1.29, 1.82) is 0 Å². The van der Waals surface area contributed by atoms with Gasteiger partial charge in [-0.1, -0.05) is 11.8 Å². The average molecular weight is 161 g/mol. The smallest absolute Gasteiger partial charge is 0.188 e. The van der Waals surface area contributed by atoms with Gasteiger partial charge in [0.2, 0.25) is 0 Å². The molecule has 0 radical (unpaired) electrons. The van der Waals surface area contributed by atoms with Crippen LogP contribution in [0.25, 0.3) is 0 Å². The van der Waals surface area contributed by atoms with Crippen molar-refractivity contribution in [3.63, 3.8) is 0 Å². The van der Waals surface area contributed by atoms with E-state index in [1.54, 1.807) is 6.92 Å². The molecule has 0 amide bonds. The van der Waals surface area contributed by atoms with Gasteiger partial charge in [-0.05, 0) is 0 Å². The predicted octanol–water partition coefficient (Wildman–Crippen LogP) is 0.212. The van der Waals surface area contributed by atoms with E-state index >= 15 is 0 Å². The second-order valence-electron chi connectivity index (χ2n) is 2.11. The van der Waals surface area contributed by atoms with E-state index in [0.717, 1.165) is 13.1 Å². The second-order valence-corrected chi connectivity index (χ2v) is 3.45. The molecule has 3 nitrogen and oxygen atoms in total. The van der Waals surface area contributed by atoms with Crippen LogP contribution in [0.4, 0.5) is 0 Å². The van der Waals surface area contributed by atoms with Gasteiger partial charge in [0.15, 0.2) is 5.12 Å². The third-order valence-corrected chi connectivity index (χ3v) is 2.09. The molecule has 1 fully saturated rings. The summed E-state index contributed by atoms with van der Waals surface area (Å²) in [7, 11) is 0. The molecule has 1 saturated heterocycles. The minimum absolute atomic E-state index is 0.0336. The number of thioether (sulfide) groups is 1. The molecule has 0 aromatic heterocycles. The molecule has 10 heavy (non-hydrogen) atoms. The third kappa shape index (κ3) is 2.68. The standard InChI is InChI=1S/C6H11NO2S/c1-5(8)10-6-4-7-2-3-9-6/h6-7H,2-4H2,1H3. The molecule has 1 rings (SSSR count). The molecule has 1 atom stereocenters. The number of hydrogen-bond acceptors (Lipinski definition) is 4. The van der Waals surface area contributed by atoms with E-state index in [4.69, 9.17) is 4.74 Å². The van der Waals surface area contributed by atoms with Gasteiger partial charge < -0.3 is 10.1 Å². The van der Waals surface area contributed by atoms with Crippen molar-refractivity contribution in [2.24, 2.45) is 0 Å². The van der Waals surface area contributed by atoms with E-state index in [1.165, 1.54) is 11.8 Å². The summed E-state index contributed by atoms with van der Waals surface area (Å²) in [5.74, 6) is 0.